The van der Waals surface area contributed by atoms with E-state index < -0.39 is 0 Å². The van der Waals surface area contributed by atoms with Crippen molar-refractivity contribution in [3.63, 3.8) is 0 Å². The van der Waals surface area contributed by atoms with Crippen molar-refractivity contribution in [2.75, 3.05) is 32.7 Å². The van der Waals surface area contributed by atoms with Crippen LogP contribution in [0.4, 0.5) is 0 Å². The van der Waals surface area contributed by atoms with Gasteiger partial charge in [-0.25, -0.2) is 0 Å². The van der Waals surface area contributed by atoms with Crippen molar-refractivity contribution < 1.29 is 0 Å². The van der Waals surface area contributed by atoms with Crippen molar-refractivity contribution in [2.45, 2.75) is 33.2 Å². The van der Waals surface area contributed by atoms with Gasteiger partial charge in [0.1, 0.15) is 0 Å². The molecule has 0 aromatic heterocycles. The molecule has 2 saturated heterocycles. The highest BCUT2D eigenvalue weighted by atomic mass is 15.5. The third kappa shape index (κ3) is 2.75. The summed E-state index contributed by atoms with van der Waals surface area (Å²) in [4.78, 5) is 2.53. The van der Waals surface area contributed by atoms with E-state index in [1.165, 1.54) is 6.42 Å². The van der Waals surface area contributed by atoms with Crippen LogP contribution < -0.4 is 5.32 Å². The molecule has 0 aromatic rings. The number of hydrogen-bond acceptors (Lipinski definition) is 4. The minimum atomic E-state index is 0.330. The first kappa shape index (κ1) is 13.6. The maximum absolute atomic E-state index is 4.49. The van der Waals surface area contributed by atoms with Gasteiger partial charge in [-0.15, -0.1) is 0 Å². The third-order valence-electron chi connectivity index (χ3n) is 4.09. The molecule has 1 atom stereocenters. The highest BCUT2D eigenvalue weighted by Gasteiger charge is 2.40. The zero-order valence-corrected chi connectivity index (χ0v) is 11.9. The zero-order valence-electron chi connectivity index (χ0n) is 11.9. The molecule has 1 spiro atoms. The average molecular weight is 250 g/mol. The lowest BCUT2D eigenvalue weighted by atomic mass is 9.86. The molecule has 0 radical (unpaired) electrons. The van der Waals surface area contributed by atoms with Crippen molar-refractivity contribution in [2.24, 2.45) is 10.5 Å². The Morgan fingerprint density at radius 2 is 2.22 bits per heavy atom. The van der Waals surface area contributed by atoms with Crippen LogP contribution in [0, 0.1) is 5.41 Å². The van der Waals surface area contributed by atoms with E-state index in [9.17, 15) is 0 Å². The van der Waals surface area contributed by atoms with Crippen LogP contribution in [-0.4, -0.2) is 54.9 Å². The van der Waals surface area contributed by atoms with E-state index in [2.05, 4.69) is 40.8 Å². The van der Waals surface area contributed by atoms with Gasteiger partial charge in [-0.1, -0.05) is 6.58 Å². The number of nitrogens with one attached hydrogen (secondary N) is 1. The van der Waals surface area contributed by atoms with Crippen molar-refractivity contribution in [1.29, 1.82) is 0 Å². The average Bonchev–Trinajstić information content (AvgIpc) is 2.70. The lowest BCUT2D eigenvalue weighted by molar-refractivity contribution is 0.148. The maximum Gasteiger partial charge on any atom is 0.0493 e. The zero-order chi connectivity index (χ0) is 13.2. The van der Waals surface area contributed by atoms with Crippen LogP contribution in [0.25, 0.3) is 0 Å². The van der Waals surface area contributed by atoms with Gasteiger partial charge in [0, 0.05) is 49.5 Å². The first-order chi connectivity index (χ1) is 8.56. The second-order valence-electron chi connectivity index (χ2n) is 5.92. The van der Waals surface area contributed by atoms with Crippen molar-refractivity contribution in [1.82, 2.24) is 15.2 Å². The van der Waals surface area contributed by atoms with E-state index in [1.54, 1.807) is 0 Å². The minimum absolute atomic E-state index is 0.330. The van der Waals surface area contributed by atoms with Crippen molar-refractivity contribution in [3.8, 4) is 0 Å². The Kier molecular flexibility index (Phi) is 4.07. The van der Waals surface area contributed by atoms with Gasteiger partial charge in [-0.05, 0) is 33.7 Å². The van der Waals surface area contributed by atoms with Gasteiger partial charge in [0.2, 0.25) is 0 Å². The maximum atomic E-state index is 4.49. The molecule has 18 heavy (non-hydrogen) atoms. The summed E-state index contributed by atoms with van der Waals surface area (Å²) >= 11 is 0. The number of hydrazone groups is 1. The van der Waals surface area contributed by atoms with E-state index >= 15 is 0 Å². The molecule has 0 amide bonds. The normalized spacial score (nSPS) is 30.9. The van der Waals surface area contributed by atoms with Gasteiger partial charge < -0.3 is 5.32 Å². The second kappa shape index (κ2) is 5.41. The summed E-state index contributed by atoms with van der Waals surface area (Å²) in [6, 6.07) is 0.560. The molecular formula is C14H26N4. The lowest BCUT2D eigenvalue weighted by Crippen LogP contribution is -2.43. The second-order valence-corrected chi connectivity index (χ2v) is 5.92. The predicted molar refractivity (Wildman–Crippen MR) is 76.6 cm³/mol. The van der Waals surface area contributed by atoms with Crippen LogP contribution in [0.5, 0.6) is 0 Å². The molecule has 0 bridgehead atoms. The number of hydrogen-bond donors (Lipinski definition) is 1. The molecular weight excluding hydrogens is 224 g/mol. The summed E-state index contributed by atoms with van der Waals surface area (Å²) in [6.07, 6.45) is 3.10. The topological polar surface area (TPSA) is 30.9 Å². The molecule has 2 heterocycles. The van der Waals surface area contributed by atoms with Gasteiger partial charge in [0.25, 0.3) is 0 Å². The molecule has 0 saturated carbocycles. The van der Waals surface area contributed by atoms with E-state index in [0.717, 1.165) is 38.4 Å². The smallest absolute Gasteiger partial charge is 0.0493 e. The predicted octanol–water partition coefficient (Wildman–Crippen LogP) is 1.51. The highest BCUT2D eigenvalue weighted by Crippen LogP contribution is 2.33. The van der Waals surface area contributed by atoms with Gasteiger partial charge in [-0.3, -0.25) is 9.91 Å². The van der Waals surface area contributed by atoms with Crippen LogP contribution in [0.15, 0.2) is 17.4 Å². The Morgan fingerprint density at radius 3 is 2.78 bits per heavy atom. The Hall–Kier alpha value is -0.870. The van der Waals surface area contributed by atoms with Crippen LogP contribution in [0.3, 0.4) is 0 Å². The van der Waals surface area contributed by atoms with Crippen molar-refractivity contribution >= 4 is 6.21 Å². The molecule has 102 valence electrons. The monoisotopic (exact) mass is 250 g/mol. The quantitative estimate of drug-likeness (QED) is 0.754. The highest BCUT2D eigenvalue weighted by molar-refractivity contribution is 5.53. The Bertz CT molecular complexity index is 329. The first-order valence-corrected chi connectivity index (χ1v) is 6.95. The standard InChI is InChI=1S/C14H26N4/c1-5-16-18-11-14(6-7-15-9-14)10-17(12(2)3)8-13(18)4/h5,12,15H,4,6-11H2,1-3H3/b16-5-. The Morgan fingerprint density at radius 1 is 1.44 bits per heavy atom. The van der Waals surface area contributed by atoms with Crippen LogP contribution >= 0.6 is 0 Å². The van der Waals surface area contributed by atoms with E-state index in [0.29, 0.717) is 11.5 Å². The fourth-order valence-electron chi connectivity index (χ4n) is 2.97. The largest absolute Gasteiger partial charge is 0.316 e. The molecule has 1 N–H and O–H groups in total. The number of rotatable bonds is 2. The van der Waals surface area contributed by atoms with Gasteiger partial charge in [-0.2, -0.15) is 5.10 Å². The molecule has 4 heteroatoms. The summed E-state index contributed by atoms with van der Waals surface area (Å²) in [7, 11) is 0. The van der Waals surface area contributed by atoms with E-state index in [-0.39, 0.29) is 0 Å². The summed E-state index contributed by atoms with van der Waals surface area (Å²) in [6.45, 7) is 16.0. The molecule has 2 aliphatic heterocycles. The number of nitrogens with zero attached hydrogens (tertiary/aromatic N) is 3. The molecule has 0 aliphatic carbocycles. The molecule has 2 aliphatic rings. The molecule has 1 unspecified atom stereocenters. The summed E-state index contributed by atoms with van der Waals surface area (Å²) in [5.74, 6) is 0. The van der Waals surface area contributed by atoms with Gasteiger partial charge in [0.15, 0.2) is 0 Å². The summed E-state index contributed by atoms with van der Waals surface area (Å²) < 4.78 is 0. The van der Waals surface area contributed by atoms with E-state index in [1.807, 2.05) is 13.1 Å². The van der Waals surface area contributed by atoms with Crippen LogP contribution in [0.1, 0.15) is 27.2 Å². The van der Waals surface area contributed by atoms with Crippen LogP contribution in [-0.2, 0) is 0 Å². The SMILES string of the molecule is C=C1CN(C(C)C)CC2(CCNC2)CN1/N=C\C. The van der Waals surface area contributed by atoms with Crippen molar-refractivity contribution in [3.05, 3.63) is 12.3 Å². The molecule has 2 fully saturated rings. The lowest BCUT2D eigenvalue weighted by Gasteiger charge is -2.34. The molecule has 4 nitrogen and oxygen atoms in total. The summed E-state index contributed by atoms with van der Waals surface area (Å²) in [5, 5.41) is 10.1. The fraction of sp³-hybridized carbons (Fsp3) is 0.786. The fourth-order valence-corrected chi connectivity index (χ4v) is 2.97. The Labute approximate surface area is 111 Å². The first-order valence-electron chi connectivity index (χ1n) is 6.95. The van der Waals surface area contributed by atoms with E-state index in [4.69, 9.17) is 0 Å². The third-order valence-corrected chi connectivity index (χ3v) is 4.09. The van der Waals surface area contributed by atoms with Crippen LogP contribution in [0.2, 0.25) is 0 Å². The Balaban J connectivity index is 2.22. The minimum Gasteiger partial charge on any atom is -0.316 e. The molecule has 0 aromatic carbocycles. The van der Waals surface area contributed by atoms with Gasteiger partial charge in [0.05, 0.1) is 0 Å². The molecule has 2 rings (SSSR count). The van der Waals surface area contributed by atoms with Gasteiger partial charge >= 0.3 is 0 Å². The summed E-state index contributed by atoms with van der Waals surface area (Å²) in [5.41, 5.74) is 1.45.